The van der Waals surface area contributed by atoms with Gasteiger partial charge in [0, 0.05) is 11.1 Å². The maximum absolute atomic E-state index is 12.3. The number of ether oxygens (including phenoxy) is 1. The molecule has 0 fully saturated rings. The maximum atomic E-state index is 12.3. The topological polar surface area (TPSA) is 129 Å². The van der Waals surface area contributed by atoms with Gasteiger partial charge in [-0.05, 0) is 37.4 Å². The lowest BCUT2D eigenvalue weighted by Crippen LogP contribution is -2.30. The van der Waals surface area contributed by atoms with Crippen LogP contribution in [0.25, 0.3) is 11.3 Å². The van der Waals surface area contributed by atoms with E-state index >= 15 is 0 Å². The molecule has 154 valence electrons. The quantitative estimate of drug-likeness (QED) is 0.439. The zero-order valence-electron chi connectivity index (χ0n) is 16.1. The molecule has 3 rings (SSSR count). The molecule has 2 heterocycles. The lowest BCUT2D eigenvalue weighted by molar-refractivity contribution is -0.123. The lowest BCUT2D eigenvalue weighted by Gasteiger charge is -2.12. The first-order valence-electron chi connectivity index (χ1n) is 8.86. The summed E-state index contributed by atoms with van der Waals surface area (Å²) in [6.45, 7) is 2.87. The molecule has 0 saturated heterocycles. The number of nitrogens with one attached hydrogen (secondary N) is 1. The molecule has 2 amide bonds. The molecule has 1 aromatic carbocycles. The van der Waals surface area contributed by atoms with Gasteiger partial charge in [-0.2, -0.15) is 0 Å². The maximum Gasteiger partial charge on any atom is 0.375 e. The van der Waals surface area contributed by atoms with Crippen LogP contribution in [-0.4, -0.2) is 29.7 Å². The number of nitrogens with two attached hydrogens (primary N) is 1. The van der Waals surface area contributed by atoms with Gasteiger partial charge in [-0.1, -0.05) is 24.3 Å². The van der Waals surface area contributed by atoms with E-state index in [9.17, 15) is 19.2 Å². The molecule has 0 aliphatic carbocycles. The summed E-state index contributed by atoms with van der Waals surface area (Å²) in [7, 11) is 0. The number of esters is 1. The Kier molecular flexibility index (Phi) is 6.12. The number of furan rings is 1. The molecule has 1 unspecified atom stereocenters. The molecular formula is C21H18N2O6S. The fourth-order valence-corrected chi connectivity index (χ4v) is 3.35. The largest absolute Gasteiger partial charge is 0.449 e. The van der Waals surface area contributed by atoms with Crippen LogP contribution in [0, 0.1) is 0 Å². The Hall–Kier alpha value is -3.72. The second-order valence-electron chi connectivity index (χ2n) is 6.36. The Labute approximate surface area is 175 Å². The van der Waals surface area contributed by atoms with Crippen LogP contribution in [0.15, 0.2) is 52.3 Å². The third-order valence-corrected chi connectivity index (χ3v) is 5.03. The summed E-state index contributed by atoms with van der Waals surface area (Å²) < 4.78 is 10.7. The fourth-order valence-electron chi connectivity index (χ4n) is 2.56. The Morgan fingerprint density at radius 2 is 1.77 bits per heavy atom. The molecule has 3 N–H and O–H groups in total. The molecule has 3 aromatic rings. The van der Waals surface area contributed by atoms with Crippen LogP contribution in [0.3, 0.4) is 0 Å². The first-order valence-corrected chi connectivity index (χ1v) is 9.74. The highest BCUT2D eigenvalue weighted by Gasteiger charge is 2.23. The van der Waals surface area contributed by atoms with Gasteiger partial charge >= 0.3 is 5.97 Å². The molecule has 2 aromatic heterocycles. The standard InChI is InChI=1S/C21H18N2O6S/c1-11(24)13-3-5-14(6-4-13)16-7-8-17(29-16)21(27)28-12(2)19(26)23-20-15(18(22)25)9-10-30-20/h3-10,12H,1-2H3,(H2,22,25)(H,23,26). The Balaban J connectivity index is 1.64. The zero-order chi connectivity index (χ0) is 21.8. The van der Waals surface area contributed by atoms with Crippen molar-refractivity contribution in [2.24, 2.45) is 5.73 Å². The summed E-state index contributed by atoms with van der Waals surface area (Å²) in [4.78, 5) is 47.3. The van der Waals surface area contributed by atoms with E-state index in [1.165, 1.54) is 26.0 Å². The monoisotopic (exact) mass is 426 g/mol. The molecule has 9 heteroatoms. The van der Waals surface area contributed by atoms with Crippen molar-refractivity contribution in [1.29, 1.82) is 0 Å². The minimum Gasteiger partial charge on any atom is -0.449 e. The van der Waals surface area contributed by atoms with Gasteiger partial charge in [0.25, 0.3) is 11.8 Å². The molecule has 0 aliphatic heterocycles. The number of anilines is 1. The summed E-state index contributed by atoms with van der Waals surface area (Å²) in [6.07, 6.45) is -1.14. The van der Waals surface area contributed by atoms with Crippen molar-refractivity contribution in [1.82, 2.24) is 0 Å². The molecule has 30 heavy (non-hydrogen) atoms. The van der Waals surface area contributed by atoms with Gasteiger partial charge in [-0.25, -0.2) is 4.79 Å². The van der Waals surface area contributed by atoms with E-state index in [2.05, 4.69) is 5.32 Å². The van der Waals surface area contributed by atoms with Crippen molar-refractivity contribution in [3.63, 3.8) is 0 Å². The highest BCUT2D eigenvalue weighted by Crippen LogP contribution is 2.25. The zero-order valence-corrected chi connectivity index (χ0v) is 16.9. The predicted molar refractivity (Wildman–Crippen MR) is 110 cm³/mol. The SMILES string of the molecule is CC(=O)c1ccc(-c2ccc(C(=O)OC(C)C(=O)Nc3sccc3C(N)=O)o2)cc1. The Morgan fingerprint density at radius 3 is 2.40 bits per heavy atom. The van der Waals surface area contributed by atoms with Crippen LogP contribution in [0.5, 0.6) is 0 Å². The van der Waals surface area contributed by atoms with E-state index in [1.807, 2.05) is 0 Å². The molecule has 0 spiro atoms. The van der Waals surface area contributed by atoms with Crippen molar-refractivity contribution >= 4 is 39.9 Å². The van der Waals surface area contributed by atoms with Gasteiger partial charge in [-0.15, -0.1) is 11.3 Å². The second-order valence-corrected chi connectivity index (χ2v) is 7.28. The molecule has 0 bridgehead atoms. The third-order valence-electron chi connectivity index (χ3n) is 4.20. The van der Waals surface area contributed by atoms with Gasteiger partial charge in [-0.3, -0.25) is 14.4 Å². The summed E-state index contributed by atoms with van der Waals surface area (Å²) >= 11 is 1.13. The van der Waals surface area contributed by atoms with Gasteiger partial charge < -0.3 is 20.2 Å². The molecule has 0 radical (unpaired) electrons. The van der Waals surface area contributed by atoms with E-state index in [-0.39, 0.29) is 22.1 Å². The number of hydrogen-bond acceptors (Lipinski definition) is 7. The number of rotatable bonds is 7. The van der Waals surface area contributed by atoms with Crippen molar-refractivity contribution in [2.45, 2.75) is 20.0 Å². The molecule has 0 saturated carbocycles. The molecule has 0 aliphatic rings. The Bertz CT molecular complexity index is 1110. The van der Waals surface area contributed by atoms with Crippen LogP contribution in [-0.2, 0) is 9.53 Å². The van der Waals surface area contributed by atoms with Crippen LogP contribution >= 0.6 is 11.3 Å². The average molecular weight is 426 g/mol. The number of hydrogen-bond donors (Lipinski definition) is 2. The van der Waals surface area contributed by atoms with Crippen molar-refractivity contribution in [2.75, 3.05) is 5.32 Å². The number of carbonyl (C=O) groups excluding carboxylic acids is 4. The van der Waals surface area contributed by atoms with Gasteiger partial charge in [0.15, 0.2) is 11.9 Å². The second kappa shape index (κ2) is 8.75. The number of primary amides is 1. The van der Waals surface area contributed by atoms with Crippen LogP contribution in [0.1, 0.15) is 45.1 Å². The first-order chi connectivity index (χ1) is 14.3. The highest BCUT2D eigenvalue weighted by atomic mass is 32.1. The van der Waals surface area contributed by atoms with Crippen LogP contribution < -0.4 is 11.1 Å². The van der Waals surface area contributed by atoms with Crippen molar-refractivity contribution < 1.29 is 28.3 Å². The van der Waals surface area contributed by atoms with Crippen LogP contribution in [0.2, 0.25) is 0 Å². The smallest absolute Gasteiger partial charge is 0.375 e. The van der Waals surface area contributed by atoms with E-state index in [0.29, 0.717) is 16.9 Å². The normalized spacial score (nSPS) is 11.5. The number of carbonyl (C=O) groups is 4. The van der Waals surface area contributed by atoms with Crippen LogP contribution in [0.4, 0.5) is 5.00 Å². The fraction of sp³-hybridized carbons (Fsp3) is 0.143. The van der Waals surface area contributed by atoms with E-state index in [4.69, 9.17) is 14.9 Å². The Morgan fingerprint density at radius 1 is 1.07 bits per heavy atom. The van der Waals surface area contributed by atoms with E-state index < -0.39 is 23.9 Å². The van der Waals surface area contributed by atoms with E-state index in [0.717, 1.165) is 11.3 Å². The number of benzene rings is 1. The first kappa shape index (κ1) is 21.0. The minimum absolute atomic E-state index is 0.0528. The predicted octanol–water partition coefficient (Wildman–Crippen LogP) is 3.49. The highest BCUT2D eigenvalue weighted by molar-refractivity contribution is 7.14. The lowest BCUT2D eigenvalue weighted by atomic mass is 10.1. The molecule has 8 nitrogen and oxygen atoms in total. The molecule has 1 atom stereocenters. The third kappa shape index (κ3) is 4.64. The summed E-state index contributed by atoms with van der Waals surface area (Å²) in [5, 5.41) is 4.41. The van der Waals surface area contributed by atoms with Gasteiger partial charge in [0.2, 0.25) is 5.76 Å². The average Bonchev–Trinajstić information content (AvgIpc) is 3.37. The summed E-state index contributed by atoms with van der Waals surface area (Å²) in [5.41, 5.74) is 6.67. The summed E-state index contributed by atoms with van der Waals surface area (Å²) in [5.74, 6) is -1.81. The number of amides is 2. The van der Waals surface area contributed by atoms with Crippen molar-refractivity contribution in [3.8, 4) is 11.3 Å². The molecular weight excluding hydrogens is 408 g/mol. The number of ketones is 1. The van der Waals surface area contributed by atoms with E-state index in [1.54, 1.807) is 35.7 Å². The summed E-state index contributed by atoms with van der Waals surface area (Å²) in [6, 6.07) is 11.3. The number of thiophene rings is 1. The number of Topliss-reactive ketones (excluding diaryl/α,β-unsaturated/α-hetero) is 1. The van der Waals surface area contributed by atoms with Crippen molar-refractivity contribution in [3.05, 3.63) is 64.7 Å². The minimum atomic E-state index is -1.14. The van der Waals surface area contributed by atoms with Gasteiger partial charge in [0.1, 0.15) is 10.8 Å². The van der Waals surface area contributed by atoms with Gasteiger partial charge in [0.05, 0.1) is 5.56 Å².